The van der Waals surface area contributed by atoms with Crippen LogP contribution in [0.2, 0.25) is 0 Å². The molecule has 4 heteroatoms. The van der Waals surface area contributed by atoms with Crippen molar-refractivity contribution in [3.05, 3.63) is 71.8 Å². The van der Waals surface area contributed by atoms with E-state index in [1.807, 2.05) is 54.6 Å². The van der Waals surface area contributed by atoms with Crippen molar-refractivity contribution >= 4 is 12.0 Å². The number of hydrogen-bond donors (Lipinski definition) is 1. The van der Waals surface area contributed by atoms with Crippen LogP contribution in [0.4, 0.5) is 0 Å². The van der Waals surface area contributed by atoms with E-state index in [2.05, 4.69) is 5.32 Å². The zero-order valence-electron chi connectivity index (χ0n) is 14.2. The van der Waals surface area contributed by atoms with E-state index in [0.717, 1.165) is 36.3 Å². The average Bonchev–Trinajstić information content (AvgIpc) is 3.18. The van der Waals surface area contributed by atoms with Crippen LogP contribution in [0.1, 0.15) is 24.0 Å². The fourth-order valence-corrected chi connectivity index (χ4v) is 2.67. The van der Waals surface area contributed by atoms with Gasteiger partial charge in [-0.1, -0.05) is 42.5 Å². The summed E-state index contributed by atoms with van der Waals surface area (Å²) in [7, 11) is 0. The number of carbonyl (C=O) groups excluding carboxylic acids is 1. The summed E-state index contributed by atoms with van der Waals surface area (Å²) in [6, 6.07) is 17.7. The van der Waals surface area contributed by atoms with Crippen LogP contribution in [0, 0.1) is 0 Å². The molecule has 1 N–H and O–H groups in total. The first-order valence-electron chi connectivity index (χ1n) is 8.64. The van der Waals surface area contributed by atoms with E-state index < -0.39 is 0 Å². The molecule has 1 atom stereocenters. The van der Waals surface area contributed by atoms with Gasteiger partial charge >= 0.3 is 0 Å². The second kappa shape index (κ2) is 9.04. The predicted octanol–water partition coefficient (Wildman–Crippen LogP) is 3.57. The number of carbonyl (C=O) groups is 1. The molecule has 1 aliphatic heterocycles. The Kier molecular flexibility index (Phi) is 6.23. The van der Waals surface area contributed by atoms with Crippen molar-refractivity contribution in [2.45, 2.75) is 25.6 Å². The fourth-order valence-electron chi connectivity index (χ4n) is 2.67. The van der Waals surface area contributed by atoms with Crippen molar-refractivity contribution in [2.75, 3.05) is 13.2 Å². The molecule has 1 fully saturated rings. The Labute approximate surface area is 148 Å². The molecule has 0 spiro atoms. The van der Waals surface area contributed by atoms with Crippen molar-refractivity contribution in [1.29, 1.82) is 0 Å². The van der Waals surface area contributed by atoms with E-state index in [0.29, 0.717) is 13.2 Å². The molecule has 1 saturated heterocycles. The van der Waals surface area contributed by atoms with Gasteiger partial charge in [-0.05, 0) is 42.2 Å². The smallest absolute Gasteiger partial charge is 0.244 e. The maximum Gasteiger partial charge on any atom is 0.244 e. The summed E-state index contributed by atoms with van der Waals surface area (Å²) in [5.74, 6) is 0.712. The van der Waals surface area contributed by atoms with Crippen LogP contribution >= 0.6 is 0 Å². The molecule has 1 heterocycles. The Hall–Kier alpha value is -2.59. The van der Waals surface area contributed by atoms with Crippen LogP contribution in [-0.2, 0) is 16.1 Å². The lowest BCUT2D eigenvalue weighted by atomic mass is 10.2. The monoisotopic (exact) mass is 337 g/mol. The molecule has 0 radical (unpaired) electrons. The molecule has 1 amide bonds. The molecule has 4 nitrogen and oxygen atoms in total. The van der Waals surface area contributed by atoms with Crippen molar-refractivity contribution in [3.63, 3.8) is 0 Å². The number of rotatable bonds is 7. The summed E-state index contributed by atoms with van der Waals surface area (Å²) in [5.41, 5.74) is 2.09. The number of nitrogens with one attached hydrogen (secondary N) is 1. The SMILES string of the molecule is O=C(/C=C/c1ccc(OCc2ccccc2)cc1)NC[C@H]1CCCO1. The third-order valence-electron chi connectivity index (χ3n) is 4.08. The number of amides is 1. The highest BCUT2D eigenvalue weighted by atomic mass is 16.5. The van der Waals surface area contributed by atoms with Crippen molar-refractivity contribution in [1.82, 2.24) is 5.32 Å². The lowest BCUT2D eigenvalue weighted by molar-refractivity contribution is -0.116. The highest BCUT2D eigenvalue weighted by Crippen LogP contribution is 2.15. The normalized spacial score (nSPS) is 16.9. The molecule has 2 aromatic rings. The standard InChI is InChI=1S/C21H23NO3/c23-21(22-15-20-7-4-14-24-20)13-10-17-8-11-19(12-9-17)25-16-18-5-2-1-3-6-18/h1-3,5-6,8-13,20H,4,7,14-16H2,(H,22,23)/b13-10+/t20-/m1/s1. The van der Waals surface area contributed by atoms with Gasteiger partial charge in [0.05, 0.1) is 6.10 Å². The second-order valence-corrected chi connectivity index (χ2v) is 6.06. The van der Waals surface area contributed by atoms with Crippen molar-refractivity contribution < 1.29 is 14.3 Å². The molecular weight excluding hydrogens is 314 g/mol. The Balaban J connectivity index is 1.44. The minimum Gasteiger partial charge on any atom is -0.489 e. The van der Waals surface area contributed by atoms with Gasteiger partial charge in [0, 0.05) is 19.2 Å². The van der Waals surface area contributed by atoms with Crippen LogP contribution in [0.25, 0.3) is 6.08 Å². The van der Waals surface area contributed by atoms with E-state index in [4.69, 9.17) is 9.47 Å². The molecule has 0 aromatic heterocycles. The van der Waals surface area contributed by atoms with Gasteiger partial charge in [0.2, 0.25) is 5.91 Å². The number of benzene rings is 2. The van der Waals surface area contributed by atoms with E-state index >= 15 is 0 Å². The van der Waals surface area contributed by atoms with E-state index in [-0.39, 0.29) is 12.0 Å². The summed E-state index contributed by atoms with van der Waals surface area (Å²) in [5, 5.41) is 2.87. The maximum absolute atomic E-state index is 11.8. The zero-order valence-corrected chi connectivity index (χ0v) is 14.2. The van der Waals surface area contributed by atoms with Gasteiger partial charge in [0.15, 0.2) is 0 Å². The Bertz CT molecular complexity index is 689. The predicted molar refractivity (Wildman–Crippen MR) is 98.2 cm³/mol. The van der Waals surface area contributed by atoms with Crippen molar-refractivity contribution in [3.8, 4) is 5.75 Å². The first kappa shape index (κ1) is 17.2. The van der Waals surface area contributed by atoms with Crippen LogP contribution in [-0.4, -0.2) is 25.2 Å². The molecule has 0 saturated carbocycles. The first-order chi connectivity index (χ1) is 12.3. The molecular formula is C21H23NO3. The van der Waals surface area contributed by atoms with Crippen LogP contribution in [0.5, 0.6) is 5.75 Å². The number of hydrogen-bond acceptors (Lipinski definition) is 3. The molecule has 2 aromatic carbocycles. The van der Waals surface area contributed by atoms with Crippen molar-refractivity contribution in [2.24, 2.45) is 0 Å². The lowest BCUT2D eigenvalue weighted by Gasteiger charge is -2.09. The topological polar surface area (TPSA) is 47.6 Å². The van der Waals surface area contributed by atoms with Gasteiger partial charge in [-0.15, -0.1) is 0 Å². The van der Waals surface area contributed by atoms with Crippen LogP contribution in [0.3, 0.4) is 0 Å². The molecule has 3 rings (SSSR count). The largest absolute Gasteiger partial charge is 0.489 e. The van der Waals surface area contributed by atoms with Gasteiger partial charge in [-0.25, -0.2) is 0 Å². The summed E-state index contributed by atoms with van der Waals surface area (Å²) in [6.45, 7) is 1.92. The third kappa shape index (κ3) is 5.76. The highest BCUT2D eigenvalue weighted by Gasteiger charge is 2.15. The van der Waals surface area contributed by atoms with Gasteiger partial charge in [-0.2, -0.15) is 0 Å². The van der Waals surface area contributed by atoms with Crippen LogP contribution < -0.4 is 10.1 Å². The Morgan fingerprint density at radius 3 is 2.68 bits per heavy atom. The maximum atomic E-state index is 11.8. The van der Waals surface area contributed by atoms with E-state index in [9.17, 15) is 4.79 Å². The summed E-state index contributed by atoms with van der Waals surface area (Å²) < 4.78 is 11.2. The second-order valence-electron chi connectivity index (χ2n) is 6.06. The van der Waals surface area contributed by atoms with Gasteiger partial charge < -0.3 is 14.8 Å². The Morgan fingerprint density at radius 1 is 1.16 bits per heavy atom. The molecule has 0 aliphatic carbocycles. The first-order valence-corrected chi connectivity index (χ1v) is 8.64. The quantitative estimate of drug-likeness (QED) is 0.786. The minimum absolute atomic E-state index is 0.0973. The average molecular weight is 337 g/mol. The van der Waals surface area contributed by atoms with Crippen LogP contribution in [0.15, 0.2) is 60.7 Å². The van der Waals surface area contributed by atoms with E-state index in [1.54, 1.807) is 12.2 Å². The summed E-state index contributed by atoms with van der Waals surface area (Å²) in [4.78, 5) is 11.8. The summed E-state index contributed by atoms with van der Waals surface area (Å²) in [6.07, 6.45) is 5.61. The number of ether oxygens (including phenoxy) is 2. The third-order valence-corrected chi connectivity index (χ3v) is 4.08. The summed E-state index contributed by atoms with van der Waals surface area (Å²) >= 11 is 0. The zero-order chi connectivity index (χ0) is 17.3. The molecule has 0 bridgehead atoms. The highest BCUT2D eigenvalue weighted by molar-refractivity contribution is 5.91. The fraction of sp³-hybridized carbons (Fsp3) is 0.286. The lowest BCUT2D eigenvalue weighted by Crippen LogP contribution is -2.30. The Morgan fingerprint density at radius 2 is 1.96 bits per heavy atom. The molecule has 130 valence electrons. The molecule has 25 heavy (non-hydrogen) atoms. The van der Waals surface area contributed by atoms with Gasteiger partial charge in [0.25, 0.3) is 0 Å². The van der Waals surface area contributed by atoms with Gasteiger partial charge in [-0.3, -0.25) is 4.79 Å². The molecule has 1 aliphatic rings. The van der Waals surface area contributed by atoms with E-state index in [1.165, 1.54) is 0 Å². The molecule has 0 unspecified atom stereocenters. The van der Waals surface area contributed by atoms with Gasteiger partial charge in [0.1, 0.15) is 12.4 Å². The minimum atomic E-state index is -0.0973.